The molecule has 2 N–H and O–H groups in total. The molecule has 0 aliphatic carbocycles. The van der Waals surface area contributed by atoms with E-state index in [1.807, 2.05) is 30.3 Å². The maximum Gasteiger partial charge on any atom is 0.270 e. The van der Waals surface area contributed by atoms with Crippen LogP contribution in [0.4, 0.5) is 5.69 Å². The highest BCUT2D eigenvalue weighted by molar-refractivity contribution is 5.99. The van der Waals surface area contributed by atoms with Gasteiger partial charge in [-0.3, -0.25) is 30.6 Å². The molecule has 0 fully saturated rings. The van der Waals surface area contributed by atoms with E-state index in [1.165, 1.54) is 18.2 Å². The van der Waals surface area contributed by atoms with Crippen LogP contribution < -0.4 is 15.6 Å². The smallest absolute Gasteiger partial charge is 0.270 e. The summed E-state index contributed by atoms with van der Waals surface area (Å²) in [5.41, 5.74) is 4.64. The Labute approximate surface area is 159 Å². The Balaban J connectivity index is 1.58. The number of rotatable bonds is 5. The lowest BCUT2D eigenvalue weighted by Crippen LogP contribution is -2.41. The van der Waals surface area contributed by atoms with Gasteiger partial charge in [-0.2, -0.15) is 0 Å². The summed E-state index contributed by atoms with van der Waals surface area (Å²) in [6.07, 6.45) is 0. The van der Waals surface area contributed by atoms with Crippen LogP contribution in [0.15, 0.2) is 78.9 Å². The van der Waals surface area contributed by atoms with Gasteiger partial charge in [0.15, 0.2) is 0 Å². The van der Waals surface area contributed by atoms with E-state index in [9.17, 15) is 19.7 Å². The summed E-state index contributed by atoms with van der Waals surface area (Å²) in [7, 11) is 0. The number of hydrogen-bond acceptors (Lipinski definition) is 5. The number of nitrogens with zero attached hydrogens (tertiary/aromatic N) is 1. The van der Waals surface area contributed by atoms with Gasteiger partial charge in [0.2, 0.25) is 0 Å². The van der Waals surface area contributed by atoms with Crippen LogP contribution in [0.5, 0.6) is 11.5 Å². The van der Waals surface area contributed by atoms with Crippen molar-refractivity contribution in [3.05, 3.63) is 100 Å². The van der Waals surface area contributed by atoms with Crippen LogP contribution in [0.3, 0.4) is 0 Å². The van der Waals surface area contributed by atoms with Crippen LogP contribution in [-0.2, 0) is 0 Å². The van der Waals surface area contributed by atoms with Crippen molar-refractivity contribution < 1.29 is 19.2 Å². The second-order valence-electron chi connectivity index (χ2n) is 5.66. The maximum absolute atomic E-state index is 12.2. The van der Waals surface area contributed by atoms with Crippen molar-refractivity contribution >= 4 is 17.5 Å². The predicted octanol–water partition coefficient (Wildman–Crippen LogP) is 3.46. The molecule has 3 rings (SSSR count). The van der Waals surface area contributed by atoms with Crippen LogP contribution in [0.2, 0.25) is 0 Å². The van der Waals surface area contributed by atoms with E-state index in [0.717, 1.165) is 6.07 Å². The Hall–Kier alpha value is -4.20. The molecule has 0 spiro atoms. The molecule has 0 unspecified atom stereocenters. The van der Waals surface area contributed by atoms with Gasteiger partial charge in [-0.05, 0) is 42.5 Å². The van der Waals surface area contributed by atoms with E-state index in [1.54, 1.807) is 24.3 Å². The molecule has 0 atom stereocenters. The van der Waals surface area contributed by atoms with Gasteiger partial charge < -0.3 is 4.74 Å². The van der Waals surface area contributed by atoms with Crippen LogP contribution >= 0.6 is 0 Å². The number of non-ortho nitro benzene ring substituents is 1. The average molecular weight is 377 g/mol. The summed E-state index contributed by atoms with van der Waals surface area (Å²) >= 11 is 0. The summed E-state index contributed by atoms with van der Waals surface area (Å²) in [5, 5.41) is 10.8. The second kappa shape index (κ2) is 8.45. The van der Waals surface area contributed by atoms with Crippen LogP contribution in [0.1, 0.15) is 20.7 Å². The van der Waals surface area contributed by atoms with Crippen molar-refractivity contribution in [1.82, 2.24) is 10.9 Å². The van der Waals surface area contributed by atoms with Crippen LogP contribution in [0, 0.1) is 10.1 Å². The third kappa shape index (κ3) is 4.70. The summed E-state index contributed by atoms with van der Waals surface area (Å²) in [6, 6.07) is 20.7. The first kappa shape index (κ1) is 18.6. The minimum absolute atomic E-state index is 0.0566. The van der Waals surface area contributed by atoms with Crippen molar-refractivity contribution in [2.24, 2.45) is 0 Å². The molecule has 8 nitrogen and oxygen atoms in total. The number of amides is 2. The van der Waals surface area contributed by atoms with Gasteiger partial charge in [0.25, 0.3) is 17.5 Å². The van der Waals surface area contributed by atoms with E-state index in [4.69, 9.17) is 4.74 Å². The quantitative estimate of drug-likeness (QED) is 0.522. The number of benzene rings is 3. The molecule has 0 aromatic heterocycles. The monoisotopic (exact) mass is 377 g/mol. The number of carbonyl (C=O) groups excluding carboxylic acids is 2. The van der Waals surface area contributed by atoms with E-state index < -0.39 is 16.7 Å². The molecular weight excluding hydrogens is 362 g/mol. The van der Waals surface area contributed by atoms with Gasteiger partial charge in [0.05, 0.1) is 4.92 Å². The zero-order valence-corrected chi connectivity index (χ0v) is 14.5. The molecule has 0 saturated carbocycles. The van der Waals surface area contributed by atoms with Gasteiger partial charge in [-0.25, -0.2) is 0 Å². The van der Waals surface area contributed by atoms with Gasteiger partial charge in [-0.15, -0.1) is 0 Å². The molecule has 0 bridgehead atoms. The standard InChI is InChI=1S/C20H15N3O5/c24-19(21-22-20(25)15-5-4-6-16(13-15)23(26)27)14-9-11-18(12-10-14)28-17-7-2-1-3-8-17/h1-13H,(H,21,24)(H,22,25). The highest BCUT2D eigenvalue weighted by atomic mass is 16.6. The number of carbonyl (C=O) groups is 2. The van der Waals surface area contributed by atoms with Crippen LogP contribution in [-0.4, -0.2) is 16.7 Å². The largest absolute Gasteiger partial charge is 0.457 e. The number of nitro benzene ring substituents is 1. The lowest BCUT2D eigenvalue weighted by molar-refractivity contribution is -0.384. The lowest BCUT2D eigenvalue weighted by atomic mass is 10.2. The zero-order valence-electron chi connectivity index (χ0n) is 14.5. The Bertz CT molecular complexity index is 1000. The molecule has 0 saturated heterocycles. The van der Waals surface area contributed by atoms with Gasteiger partial charge in [0.1, 0.15) is 11.5 Å². The normalized spacial score (nSPS) is 10.0. The van der Waals surface area contributed by atoms with Crippen molar-refractivity contribution in [1.29, 1.82) is 0 Å². The fourth-order valence-electron chi connectivity index (χ4n) is 2.32. The number of hydrogen-bond donors (Lipinski definition) is 2. The molecule has 140 valence electrons. The number of nitrogens with one attached hydrogen (secondary N) is 2. The fourth-order valence-corrected chi connectivity index (χ4v) is 2.32. The Morgan fingerprint density at radius 3 is 2.00 bits per heavy atom. The lowest BCUT2D eigenvalue weighted by Gasteiger charge is -2.09. The highest BCUT2D eigenvalue weighted by Gasteiger charge is 2.13. The molecule has 3 aromatic rings. The molecule has 0 radical (unpaired) electrons. The van der Waals surface area contributed by atoms with E-state index in [-0.39, 0.29) is 11.3 Å². The Morgan fingerprint density at radius 2 is 1.36 bits per heavy atom. The van der Waals surface area contributed by atoms with Crippen molar-refractivity contribution in [2.75, 3.05) is 0 Å². The molecule has 3 aromatic carbocycles. The number of nitro groups is 1. The summed E-state index contributed by atoms with van der Waals surface area (Å²) in [6.45, 7) is 0. The van der Waals surface area contributed by atoms with Crippen LogP contribution in [0.25, 0.3) is 0 Å². The molecule has 8 heteroatoms. The third-order valence-corrected chi connectivity index (χ3v) is 3.70. The molecule has 0 heterocycles. The number of hydrazine groups is 1. The molecular formula is C20H15N3O5. The summed E-state index contributed by atoms with van der Waals surface area (Å²) in [5.74, 6) is 0.0263. The fraction of sp³-hybridized carbons (Fsp3) is 0. The van der Waals surface area contributed by atoms with Gasteiger partial charge in [0, 0.05) is 23.3 Å². The first-order valence-electron chi connectivity index (χ1n) is 8.21. The Kier molecular flexibility index (Phi) is 5.61. The van der Waals surface area contributed by atoms with Crippen molar-refractivity contribution in [2.45, 2.75) is 0 Å². The predicted molar refractivity (Wildman–Crippen MR) is 101 cm³/mol. The highest BCUT2D eigenvalue weighted by Crippen LogP contribution is 2.21. The number of ether oxygens (including phenoxy) is 1. The molecule has 0 aliphatic rings. The number of para-hydroxylation sites is 1. The van der Waals surface area contributed by atoms with Gasteiger partial charge in [-0.1, -0.05) is 24.3 Å². The Morgan fingerprint density at radius 1 is 0.750 bits per heavy atom. The first-order chi connectivity index (χ1) is 13.5. The molecule has 0 aliphatic heterocycles. The summed E-state index contributed by atoms with van der Waals surface area (Å²) in [4.78, 5) is 34.4. The molecule has 28 heavy (non-hydrogen) atoms. The summed E-state index contributed by atoms with van der Waals surface area (Å²) < 4.78 is 5.64. The minimum Gasteiger partial charge on any atom is -0.457 e. The maximum atomic E-state index is 12.2. The first-order valence-corrected chi connectivity index (χ1v) is 8.21. The third-order valence-electron chi connectivity index (χ3n) is 3.70. The molecule has 2 amide bonds. The van der Waals surface area contributed by atoms with E-state index >= 15 is 0 Å². The topological polar surface area (TPSA) is 111 Å². The van der Waals surface area contributed by atoms with E-state index in [0.29, 0.717) is 17.1 Å². The van der Waals surface area contributed by atoms with Crippen molar-refractivity contribution in [3.63, 3.8) is 0 Å². The van der Waals surface area contributed by atoms with Gasteiger partial charge >= 0.3 is 0 Å². The second-order valence-corrected chi connectivity index (χ2v) is 5.66. The average Bonchev–Trinajstić information content (AvgIpc) is 2.73. The SMILES string of the molecule is O=C(NNC(=O)c1cccc([N+](=O)[O-])c1)c1ccc(Oc2ccccc2)cc1. The van der Waals surface area contributed by atoms with Crippen molar-refractivity contribution in [3.8, 4) is 11.5 Å². The van der Waals surface area contributed by atoms with E-state index in [2.05, 4.69) is 10.9 Å². The minimum atomic E-state index is -0.666. The zero-order chi connectivity index (χ0) is 19.9.